The molecule has 5 rings (SSSR count). The Morgan fingerprint density at radius 2 is 2.16 bits per heavy atom. The van der Waals surface area contributed by atoms with Gasteiger partial charge < -0.3 is 24.8 Å². The van der Waals surface area contributed by atoms with Crippen molar-refractivity contribution in [3.63, 3.8) is 0 Å². The molecule has 1 amide bonds. The average molecular weight is 438 g/mol. The van der Waals surface area contributed by atoms with Gasteiger partial charge in [-0.15, -0.1) is 0 Å². The first-order valence-corrected chi connectivity index (χ1v) is 10.7. The van der Waals surface area contributed by atoms with Gasteiger partial charge in [0, 0.05) is 43.5 Å². The molecule has 0 aliphatic carbocycles. The molecule has 0 bridgehead atoms. The van der Waals surface area contributed by atoms with Gasteiger partial charge in [-0.05, 0) is 32.9 Å². The number of carbonyl (C=O) groups is 1. The molecule has 2 aliphatic rings. The fourth-order valence-corrected chi connectivity index (χ4v) is 4.40. The molecule has 0 saturated carbocycles. The van der Waals surface area contributed by atoms with E-state index in [1.54, 1.807) is 23.0 Å². The number of aliphatic hydroxyl groups excluding tert-OH is 1. The number of morpholine rings is 1. The number of fused-ring (bicyclic) bond motifs is 2. The molecule has 9 nitrogen and oxygen atoms in total. The summed E-state index contributed by atoms with van der Waals surface area (Å²) in [5.74, 6) is 0.452. The molecule has 2 aliphatic heterocycles. The summed E-state index contributed by atoms with van der Waals surface area (Å²) in [6.07, 6.45) is 5.48. The molecule has 0 spiro atoms. The lowest BCUT2D eigenvalue weighted by Gasteiger charge is -2.40. The minimum Gasteiger partial charge on any atom is -0.484 e. The van der Waals surface area contributed by atoms with Crippen LogP contribution in [0.1, 0.15) is 36.7 Å². The number of anilines is 2. The molecule has 1 saturated heterocycles. The van der Waals surface area contributed by atoms with Crippen LogP contribution >= 0.6 is 0 Å². The summed E-state index contributed by atoms with van der Waals surface area (Å²) in [4.78, 5) is 19.7. The fraction of sp³-hybridized carbons (Fsp3) is 0.435. The maximum atomic E-state index is 13.2. The third-order valence-electron chi connectivity index (χ3n) is 5.97. The third-order valence-corrected chi connectivity index (χ3v) is 5.97. The number of rotatable bonds is 4. The summed E-state index contributed by atoms with van der Waals surface area (Å²) < 4.78 is 13.5. The zero-order chi connectivity index (χ0) is 22.5. The number of nitrogens with zero attached hydrogens (tertiary/aromatic N) is 4. The number of amides is 1. The van der Waals surface area contributed by atoms with E-state index in [9.17, 15) is 9.90 Å². The predicted molar refractivity (Wildman–Crippen MR) is 119 cm³/mol. The maximum absolute atomic E-state index is 13.2. The number of aromatic nitrogens is 3. The quantitative estimate of drug-likeness (QED) is 0.646. The number of carbonyl (C=O) groups excluding carboxylic acids is 1. The highest BCUT2D eigenvalue weighted by molar-refractivity contribution is 6.09. The predicted octanol–water partition coefficient (Wildman–Crippen LogP) is 2.28. The molecule has 0 radical (unpaired) electrons. The summed E-state index contributed by atoms with van der Waals surface area (Å²) in [5, 5.41) is 17.1. The van der Waals surface area contributed by atoms with E-state index in [4.69, 9.17) is 9.47 Å². The van der Waals surface area contributed by atoms with E-state index < -0.39 is 5.60 Å². The number of aliphatic hydroxyl groups is 1. The van der Waals surface area contributed by atoms with Crippen LogP contribution in [0, 0.1) is 0 Å². The first-order chi connectivity index (χ1) is 15.3. The Hall–Kier alpha value is -3.17. The van der Waals surface area contributed by atoms with Gasteiger partial charge in [0.25, 0.3) is 5.91 Å². The van der Waals surface area contributed by atoms with Crippen molar-refractivity contribution >= 4 is 22.9 Å². The van der Waals surface area contributed by atoms with E-state index in [-0.39, 0.29) is 18.1 Å². The van der Waals surface area contributed by atoms with Crippen molar-refractivity contribution in [1.29, 1.82) is 0 Å². The highest BCUT2D eigenvalue weighted by atomic mass is 16.5. The Labute approximate surface area is 186 Å². The Morgan fingerprint density at radius 1 is 1.31 bits per heavy atom. The van der Waals surface area contributed by atoms with E-state index >= 15 is 0 Å². The first-order valence-electron chi connectivity index (χ1n) is 10.7. The minimum absolute atomic E-state index is 0.0860. The highest BCUT2D eigenvalue weighted by Crippen LogP contribution is 2.42. The molecule has 2 aromatic heterocycles. The number of ether oxygens (including phenoxy) is 2. The minimum atomic E-state index is -0.668. The maximum Gasteiger partial charge on any atom is 0.261 e. The average Bonchev–Trinajstić information content (AvgIpc) is 3.33. The van der Waals surface area contributed by atoms with E-state index in [0.717, 1.165) is 17.0 Å². The molecule has 1 fully saturated rings. The second kappa shape index (κ2) is 7.46. The number of nitrogens with one attached hydrogen (secondary N) is 1. The number of hydrogen-bond donors (Lipinski definition) is 2. The van der Waals surface area contributed by atoms with Crippen molar-refractivity contribution in [3.05, 3.63) is 47.9 Å². The molecule has 2 N–H and O–H groups in total. The number of hydrogen-bond acceptors (Lipinski definition) is 7. The summed E-state index contributed by atoms with van der Waals surface area (Å²) >= 11 is 0. The number of benzene rings is 1. The second-order valence-electron chi connectivity index (χ2n) is 9.29. The molecule has 1 aromatic carbocycles. The van der Waals surface area contributed by atoms with Crippen LogP contribution in [-0.2, 0) is 11.2 Å². The van der Waals surface area contributed by atoms with Gasteiger partial charge in [0.15, 0.2) is 5.65 Å². The molecular weight excluding hydrogens is 410 g/mol. The van der Waals surface area contributed by atoms with Gasteiger partial charge in [-0.25, -0.2) is 9.50 Å². The van der Waals surface area contributed by atoms with Gasteiger partial charge >= 0.3 is 0 Å². The van der Waals surface area contributed by atoms with Crippen LogP contribution in [0.25, 0.3) is 5.65 Å². The van der Waals surface area contributed by atoms with Crippen molar-refractivity contribution in [2.75, 3.05) is 36.5 Å². The summed E-state index contributed by atoms with van der Waals surface area (Å²) in [6, 6.07) is 5.67. The Morgan fingerprint density at radius 3 is 2.94 bits per heavy atom. The molecule has 32 heavy (non-hydrogen) atoms. The molecule has 3 aromatic rings. The molecule has 4 heterocycles. The molecule has 1 unspecified atom stereocenters. The van der Waals surface area contributed by atoms with Crippen molar-refractivity contribution in [2.45, 2.75) is 38.4 Å². The monoisotopic (exact) mass is 437 g/mol. The SMILES string of the molecule is CC1(C)CN(c2cc3c(cc2NC(=O)c2cnn4cccnc24)CC(C)(CO)O3)CCO1. The van der Waals surface area contributed by atoms with E-state index in [1.807, 2.05) is 19.1 Å². The van der Waals surface area contributed by atoms with Crippen molar-refractivity contribution in [1.82, 2.24) is 14.6 Å². The topological polar surface area (TPSA) is 101 Å². The summed E-state index contributed by atoms with van der Waals surface area (Å²) in [5.41, 5.74) is 2.41. The largest absolute Gasteiger partial charge is 0.484 e. The Kier molecular flexibility index (Phi) is 4.83. The smallest absolute Gasteiger partial charge is 0.261 e. The van der Waals surface area contributed by atoms with Crippen LogP contribution < -0.4 is 15.0 Å². The fourth-order valence-electron chi connectivity index (χ4n) is 4.40. The van der Waals surface area contributed by atoms with Crippen LogP contribution in [0.3, 0.4) is 0 Å². The third kappa shape index (κ3) is 3.67. The van der Waals surface area contributed by atoms with E-state index in [2.05, 4.69) is 34.1 Å². The van der Waals surface area contributed by atoms with Crippen molar-refractivity contribution in [2.24, 2.45) is 0 Å². The van der Waals surface area contributed by atoms with E-state index in [0.29, 0.717) is 43.0 Å². The zero-order valence-electron chi connectivity index (χ0n) is 18.5. The van der Waals surface area contributed by atoms with Gasteiger partial charge in [-0.1, -0.05) is 0 Å². The summed E-state index contributed by atoms with van der Waals surface area (Å²) in [7, 11) is 0. The normalized spacial score (nSPS) is 21.9. The van der Waals surface area contributed by atoms with E-state index in [1.165, 1.54) is 6.20 Å². The zero-order valence-corrected chi connectivity index (χ0v) is 18.5. The van der Waals surface area contributed by atoms with Crippen LogP contribution in [0.2, 0.25) is 0 Å². The lowest BCUT2D eigenvalue weighted by atomic mass is 9.99. The van der Waals surface area contributed by atoms with Gasteiger partial charge in [0.1, 0.15) is 16.9 Å². The van der Waals surface area contributed by atoms with Gasteiger partial charge in [-0.3, -0.25) is 4.79 Å². The van der Waals surface area contributed by atoms with Crippen molar-refractivity contribution in [3.8, 4) is 5.75 Å². The molecule has 1 atom stereocenters. The summed E-state index contributed by atoms with van der Waals surface area (Å²) in [6.45, 7) is 7.85. The lowest BCUT2D eigenvalue weighted by Crippen LogP contribution is -2.48. The van der Waals surface area contributed by atoms with Gasteiger partial charge in [0.05, 0.1) is 36.4 Å². The standard InChI is InChI=1S/C23H27N5O4/c1-22(2)13-27(7-8-31-22)18-10-19-15(11-23(3,14-29)32-19)9-17(18)26-21(30)16-12-25-28-6-4-5-24-20(16)28/h4-6,9-10,12,29H,7-8,11,13-14H2,1-3H3,(H,26,30). The first kappa shape index (κ1) is 20.7. The lowest BCUT2D eigenvalue weighted by molar-refractivity contribution is -0.0276. The molecule has 9 heteroatoms. The second-order valence-corrected chi connectivity index (χ2v) is 9.29. The molecular formula is C23H27N5O4. The van der Waals surface area contributed by atoms with Crippen molar-refractivity contribution < 1.29 is 19.4 Å². The molecule has 168 valence electrons. The highest BCUT2D eigenvalue weighted by Gasteiger charge is 2.36. The Bertz CT molecular complexity index is 1190. The van der Waals surface area contributed by atoms with Crippen LogP contribution in [-0.4, -0.2) is 63.1 Å². The van der Waals surface area contributed by atoms with Gasteiger partial charge in [0.2, 0.25) is 0 Å². The Balaban J connectivity index is 1.53. The van der Waals surface area contributed by atoms with Crippen LogP contribution in [0.5, 0.6) is 5.75 Å². The van der Waals surface area contributed by atoms with Gasteiger partial charge in [-0.2, -0.15) is 5.10 Å². The van der Waals surface area contributed by atoms with Crippen LogP contribution in [0.15, 0.2) is 36.8 Å². The van der Waals surface area contributed by atoms with Crippen LogP contribution in [0.4, 0.5) is 11.4 Å².